The second-order valence-corrected chi connectivity index (χ2v) is 4.85. The normalized spacial score (nSPS) is 11.8. The van der Waals surface area contributed by atoms with E-state index in [1.807, 2.05) is 25.1 Å². The molecule has 0 fully saturated rings. The van der Waals surface area contributed by atoms with Crippen LogP contribution in [0.5, 0.6) is 0 Å². The molecule has 0 aliphatic heterocycles. The Hall–Kier alpha value is -2.36. The third-order valence-electron chi connectivity index (χ3n) is 3.12. The minimum atomic E-state index is -0.212. The van der Waals surface area contributed by atoms with Gasteiger partial charge in [-0.1, -0.05) is 30.3 Å². The number of hydrogen-bond acceptors (Lipinski definition) is 2. The maximum atomic E-state index is 12.0. The van der Waals surface area contributed by atoms with E-state index in [9.17, 15) is 10.0 Å². The lowest BCUT2D eigenvalue weighted by atomic mass is 10.1. The average molecular weight is 270 g/mol. The van der Waals surface area contributed by atoms with E-state index < -0.39 is 0 Å². The fourth-order valence-electron chi connectivity index (χ4n) is 2.00. The molecule has 104 valence electrons. The summed E-state index contributed by atoms with van der Waals surface area (Å²) in [6.45, 7) is 1.97. The Labute approximate surface area is 118 Å². The van der Waals surface area contributed by atoms with Gasteiger partial charge in [-0.25, -0.2) is 0 Å². The molecule has 0 aliphatic carbocycles. The summed E-state index contributed by atoms with van der Waals surface area (Å²) in [6, 6.07) is 13.4. The molecule has 1 aromatic carbocycles. The molecule has 1 atom stereocenters. The van der Waals surface area contributed by atoms with E-state index in [1.165, 1.54) is 18.0 Å². The maximum Gasteiger partial charge on any atom is 0.257 e. The van der Waals surface area contributed by atoms with Crippen molar-refractivity contribution in [1.29, 1.82) is 0 Å². The van der Waals surface area contributed by atoms with Crippen molar-refractivity contribution in [2.45, 2.75) is 25.8 Å². The zero-order valence-corrected chi connectivity index (χ0v) is 11.5. The van der Waals surface area contributed by atoms with Crippen molar-refractivity contribution >= 4 is 5.91 Å². The Kier molecular flexibility index (Phi) is 4.71. The molecule has 1 amide bonds. The number of amides is 1. The van der Waals surface area contributed by atoms with Crippen molar-refractivity contribution in [3.63, 3.8) is 0 Å². The van der Waals surface area contributed by atoms with Crippen molar-refractivity contribution in [1.82, 2.24) is 5.32 Å². The Morgan fingerprint density at radius 1 is 1.25 bits per heavy atom. The lowest BCUT2D eigenvalue weighted by Gasteiger charge is -2.13. The number of aromatic nitrogens is 1. The second kappa shape index (κ2) is 6.70. The van der Waals surface area contributed by atoms with Crippen LogP contribution in [0.2, 0.25) is 0 Å². The Morgan fingerprint density at radius 3 is 2.70 bits per heavy atom. The van der Waals surface area contributed by atoms with Gasteiger partial charge < -0.3 is 10.5 Å². The highest BCUT2D eigenvalue weighted by atomic mass is 16.5. The fourth-order valence-corrected chi connectivity index (χ4v) is 2.00. The molecule has 0 saturated carbocycles. The predicted molar refractivity (Wildman–Crippen MR) is 77.1 cm³/mol. The number of hydrogen-bond donors (Lipinski definition) is 1. The van der Waals surface area contributed by atoms with E-state index in [1.54, 1.807) is 12.1 Å². The quantitative estimate of drug-likeness (QED) is 0.668. The molecule has 20 heavy (non-hydrogen) atoms. The van der Waals surface area contributed by atoms with Crippen LogP contribution in [-0.2, 0) is 6.42 Å². The first-order chi connectivity index (χ1) is 9.65. The first kappa shape index (κ1) is 14.1. The molecule has 0 spiro atoms. The molecular formula is C16H18N2O2. The zero-order chi connectivity index (χ0) is 14.4. The minimum absolute atomic E-state index is 0.0583. The van der Waals surface area contributed by atoms with E-state index in [0.29, 0.717) is 10.3 Å². The number of carbonyl (C=O) groups excluding carboxylic acids is 1. The number of benzene rings is 1. The summed E-state index contributed by atoms with van der Waals surface area (Å²) in [4.78, 5) is 12.0. The molecule has 0 bridgehead atoms. The summed E-state index contributed by atoms with van der Waals surface area (Å²) in [6.07, 6.45) is 4.41. The molecule has 2 aromatic rings. The minimum Gasteiger partial charge on any atom is -0.619 e. The maximum absolute atomic E-state index is 12.0. The lowest BCUT2D eigenvalue weighted by molar-refractivity contribution is -0.605. The molecule has 1 heterocycles. The van der Waals surface area contributed by atoms with Gasteiger partial charge >= 0.3 is 0 Å². The largest absolute Gasteiger partial charge is 0.619 e. The summed E-state index contributed by atoms with van der Waals surface area (Å²) < 4.78 is 0.629. The van der Waals surface area contributed by atoms with Crippen LogP contribution in [0.15, 0.2) is 54.9 Å². The molecule has 0 unspecified atom stereocenters. The van der Waals surface area contributed by atoms with Crippen LogP contribution in [0, 0.1) is 5.21 Å². The van der Waals surface area contributed by atoms with Crippen molar-refractivity contribution in [3.05, 3.63) is 71.2 Å². The van der Waals surface area contributed by atoms with E-state index in [-0.39, 0.29) is 11.9 Å². The molecule has 0 aliphatic rings. The van der Waals surface area contributed by atoms with E-state index in [0.717, 1.165) is 12.8 Å². The summed E-state index contributed by atoms with van der Waals surface area (Å²) >= 11 is 0. The molecule has 4 heteroatoms. The highest BCUT2D eigenvalue weighted by Gasteiger charge is 2.11. The number of nitrogens with zero attached hydrogens (tertiary/aromatic N) is 1. The van der Waals surface area contributed by atoms with Gasteiger partial charge in [0.15, 0.2) is 12.4 Å². The molecule has 1 N–H and O–H groups in total. The van der Waals surface area contributed by atoms with Crippen molar-refractivity contribution in [2.24, 2.45) is 0 Å². The van der Waals surface area contributed by atoms with Crippen LogP contribution in [0.3, 0.4) is 0 Å². The van der Waals surface area contributed by atoms with Gasteiger partial charge in [0.1, 0.15) is 5.56 Å². The zero-order valence-electron chi connectivity index (χ0n) is 11.5. The summed E-state index contributed by atoms with van der Waals surface area (Å²) in [5, 5.41) is 14.0. The first-order valence-corrected chi connectivity index (χ1v) is 6.69. The number of nitrogens with one attached hydrogen (secondary N) is 1. The Balaban J connectivity index is 1.85. The van der Waals surface area contributed by atoms with E-state index in [4.69, 9.17) is 0 Å². The molecule has 4 nitrogen and oxygen atoms in total. The number of pyridine rings is 1. The third-order valence-corrected chi connectivity index (χ3v) is 3.12. The SMILES string of the molecule is C[C@@H](CCc1ccccc1)NC(=O)c1ccc[n+]([O-])c1. The van der Waals surface area contributed by atoms with Gasteiger partial charge in [-0.05, 0) is 31.4 Å². The van der Waals surface area contributed by atoms with Crippen LogP contribution in [-0.4, -0.2) is 11.9 Å². The van der Waals surface area contributed by atoms with Gasteiger partial charge in [-0.3, -0.25) is 4.79 Å². The van der Waals surface area contributed by atoms with Gasteiger partial charge in [-0.15, -0.1) is 0 Å². The van der Waals surface area contributed by atoms with Gasteiger partial charge in [0.05, 0.1) is 0 Å². The van der Waals surface area contributed by atoms with Gasteiger partial charge in [-0.2, -0.15) is 4.73 Å². The second-order valence-electron chi connectivity index (χ2n) is 4.85. The van der Waals surface area contributed by atoms with Gasteiger partial charge in [0.2, 0.25) is 0 Å². The summed E-state index contributed by atoms with van der Waals surface area (Å²) in [5.74, 6) is -0.212. The summed E-state index contributed by atoms with van der Waals surface area (Å²) in [7, 11) is 0. The molecule has 2 rings (SSSR count). The smallest absolute Gasteiger partial charge is 0.257 e. The number of rotatable bonds is 5. The Bertz CT molecular complexity index is 570. The van der Waals surface area contributed by atoms with Crippen LogP contribution in [0.4, 0.5) is 0 Å². The van der Waals surface area contributed by atoms with Crippen molar-refractivity contribution in [3.8, 4) is 0 Å². The topological polar surface area (TPSA) is 56.0 Å². The van der Waals surface area contributed by atoms with Crippen LogP contribution in [0.1, 0.15) is 29.3 Å². The van der Waals surface area contributed by atoms with Crippen molar-refractivity contribution in [2.75, 3.05) is 0 Å². The molecular weight excluding hydrogens is 252 g/mol. The van der Waals surface area contributed by atoms with Gasteiger partial charge in [0, 0.05) is 12.1 Å². The highest BCUT2D eigenvalue weighted by molar-refractivity contribution is 5.93. The van der Waals surface area contributed by atoms with Crippen LogP contribution >= 0.6 is 0 Å². The molecule has 0 saturated heterocycles. The summed E-state index contributed by atoms with van der Waals surface area (Å²) in [5.41, 5.74) is 1.64. The monoisotopic (exact) mass is 270 g/mol. The van der Waals surface area contributed by atoms with Gasteiger partial charge in [0.25, 0.3) is 5.91 Å². The number of aryl methyl sites for hydroxylation is 1. The van der Waals surface area contributed by atoms with Crippen LogP contribution < -0.4 is 10.0 Å². The average Bonchev–Trinajstić information content (AvgIpc) is 2.46. The predicted octanol–water partition coefficient (Wildman–Crippen LogP) is 2.07. The molecule has 0 radical (unpaired) electrons. The lowest BCUT2D eigenvalue weighted by Crippen LogP contribution is -2.35. The van der Waals surface area contributed by atoms with Crippen molar-refractivity contribution < 1.29 is 9.52 Å². The highest BCUT2D eigenvalue weighted by Crippen LogP contribution is 2.05. The van der Waals surface area contributed by atoms with E-state index >= 15 is 0 Å². The Morgan fingerprint density at radius 2 is 2.00 bits per heavy atom. The van der Waals surface area contributed by atoms with E-state index in [2.05, 4.69) is 17.4 Å². The number of carbonyl (C=O) groups is 1. The molecule has 1 aromatic heterocycles. The standard InChI is InChI=1S/C16H18N2O2/c1-13(9-10-14-6-3-2-4-7-14)17-16(19)15-8-5-11-18(20)12-15/h2-8,11-13H,9-10H2,1H3,(H,17,19)/t13-/m0/s1. The fraction of sp³-hybridized carbons (Fsp3) is 0.250. The van der Waals surface area contributed by atoms with Crippen LogP contribution in [0.25, 0.3) is 0 Å². The third kappa shape index (κ3) is 4.09. The first-order valence-electron chi connectivity index (χ1n) is 6.69.